The summed E-state index contributed by atoms with van der Waals surface area (Å²) < 4.78 is 0. The minimum Gasteiger partial charge on any atom is -0.372 e. The third kappa shape index (κ3) is 2.93. The maximum atomic E-state index is 12.5. The van der Waals surface area contributed by atoms with E-state index in [0.717, 1.165) is 0 Å². The molecule has 118 valence electrons. The third-order valence-electron chi connectivity index (χ3n) is 3.90. The molecular weight excluding hydrogens is 294 g/mol. The van der Waals surface area contributed by atoms with Crippen molar-refractivity contribution in [1.29, 1.82) is 0 Å². The fourth-order valence-electron chi connectivity index (χ4n) is 2.59. The van der Waals surface area contributed by atoms with Crippen LogP contribution in [-0.2, 0) is 16.1 Å². The maximum Gasteiger partial charge on any atom is 0.268 e. The SMILES string of the molecule is O=C(NCc1ccccn1)[C@@]1(O)CCN(c2ccccc2)C1=O. The molecule has 2 heterocycles. The van der Waals surface area contributed by atoms with Crippen molar-refractivity contribution in [2.24, 2.45) is 0 Å². The van der Waals surface area contributed by atoms with Gasteiger partial charge in [0.05, 0.1) is 12.2 Å². The van der Waals surface area contributed by atoms with E-state index in [4.69, 9.17) is 0 Å². The summed E-state index contributed by atoms with van der Waals surface area (Å²) in [7, 11) is 0. The Morgan fingerprint density at radius 3 is 2.65 bits per heavy atom. The molecule has 1 atom stereocenters. The van der Waals surface area contributed by atoms with E-state index in [-0.39, 0.29) is 13.0 Å². The van der Waals surface area contributed by atoms with Crippen LogP contribution in [0.15, 0.2) is 54.7 Å². The molecule has 0 saturated carbocycles. The molecule has 1 aliphatic rings. The molecule has 23 heavy (non-hydrogen) atoms. The third-order valence-corrected chi connectivity index (χ3v) is 3.90. The van der Waals surface area contributed by atoms with E-state index in [2.05, 4.69) is 10.3 Å². The zero-order valence-electron chi connectivity index (χ0n) is 12.5. The highest BCUT2D eigenvalue weighted by Crippen LogP contribution is 2.28. The monoisotopic (exact) mass is 311 g/mol. The number of para-hydroxylation sites is 1. The number of carbonyl (C=O) groups is 2. The van der Waals surface area contributed by atoms with Gasteiger partial charge in [-0.1, -0.05) is 24.3 Å². The molecule has 0 spiro atoms. The highest BCUT2D eigenvalue weighted by Gasteiger charge is 2.51. The van der Waals surface area contributed by atoms with Crippen LogP contribution in [0.4, 0.5) is 5.69 Å². The van der Waals surface area contributed by atoms with E-state index in [1.54, 1.807) is 48.7 Å². The summed E-state index contributed by atoms with van der Waals surface area (Å²) in [5.74, 6) is -1.28. The van der Waals surface area contributed by atoms with E-state index in [1.807, 2.05) is 6.07 Å². The molecule has 2 amide bonds. The number of aromatic nitrogens is 1. The zero-order valence-corrected chi connectivity index (χ0v) is 12.5. The van der Waals surface area contributed by atoms with E-state index in [9.17, 15) is 14.7 Å². The second-order valence-corrected chi connectivity index (χ2v) is 5.41. The number of hydrogen-bond donors (Lipinski definition) is 2. The van der Waals surface area contributed by atoms with Crippen LogP contribution in [0.2, 0.25) is 0 Å². The van der Waals surface area contributed by atoms with Gasteiger partial charge in [-0.2, -0.15) is 0 Å². The molecule has 2 N–H and O–H groups in total. The molecular formula is C17H17N3O3. The average molecular weight is 311 g/mol. The predicted molar refractivity (Wildman–Crippen MR) is 84.4 cm³/mol. The molecule has 2 aromatic rings. The topological polar surface area (TPSA) is 82.5 Å². The number of benzene rings is 1. The predicted octanol–water partition coefficient (Wildman–Crippen LogP) is 0.866. The number of hydrogen-bond acceptors (Lipinski definition) is 4. The van der Waals surface area contributed by atoms with Gasteiger partial charge in [-0.05, 0) is 24.3 Å². The zero-order chi connectivity index (χ0) is 16.3. The summed E-state index contributed by atoms with van der Waals surface area (Å²) in [5.41, 5.74) is -0.689. The number of pyridine rings is 1. The van der Waals surface area contributed by atoms with Gasteiger partial charge >= 0.3 is 0 Å². The summed E-state index contributed by atoms with van der Waals surface area (Å²) >= 11 is 0. The molecule has 1 aliphatic heterocycles. The minimum atomic E-state index is -2.02. The van der Waals surface area contributed by atoms with Crippen LogP contribution in [0.5, 0.6) is 0 Å². The Labute approximate surface area is 133 Å². The molecule has 1 aromatic carbocycles. The molecule has 6 heteroatoms. The lowest BCUT2D eigenvalue weighted by Crippen LogP contribution is -2.52. The van der Waals surface area contributed by atoms with Gasteiger partial charge in [0.25, 0.3) is 11.8 Å². The van der Waals surface area contributed by atoms with Gasteiger partial charge in [0.15, 0.2) is 0 Å². The fourth-order valence-corrected chi connectivity index (χ4v) is 2.59. The minimum absolute atomic E-state index is 0.0643. The second kappa shape index (κ2) is 6.18. The number of aliphatic hydroxyl groups is 1. The van der Waals surface area contributed by atoms with Crippen LogP contribution in [0.25, 0.3) is 0 Å². The Hall–Kier alpha value is -2.73. The van der Waals surface area contributed by atoms with E-state index in [0.29, 0.717) is 17.9 Å². The average Bonchev–Trinajstić information content (AvgIpc) is 2.91. The van der Waals surface area contributed by atoms with Crippen molar-refractivity contribution in [2.45, 2.75) is 18.6 Å². The first-order chi connectivity index (χ1) is 11.1. The van der Waals surface area contributed by atoms with Crippen molar-refractivity contribution in [3.05, 3.63) is 60.4 Å². The molecule has 6 nitrogen and oxygen atoms in total. The van der Waals surface area contributed by atoms with Crippen molar-refractivity contribution in [1.82, 2.24) is 10.3 Å². The number of nitrogens with zero attached hydrogens (tertiary/aromatic N) is 2. The van der Waals surface area contributed by atoms with Crippen LogP contribution in [0, 0.1) is 0 Å². The molecule has 0 aliphatic carbocycles. The number of rotatable bonds is 4. The van der Waals surface area contributed by atoms with Gasteiger partial charge in [-0.25, -0.2) is 0 Å². The van der Waals surface area contributed by atoms with Crippen LogP contribution < -0.4 is 10.2 Å². The van der Waals surface area contributed by atoms with Crippen molar-refractivity contribution >= 4 is 17.5 Å². The molecule has 0 radical (unpaired) electrons. The van der Waals surface area contributed by atoms with Crippen molar-refractivity contribution < 1.29 is 14.7 Å². The lowest BCUT2D eigenvalue weighted by molar-refractivity contribution is -0.149. The van der Waals surface area contributed by atoms with Gasteiger partial charge in [0.1, 0.15) is 0 Å². The van der Waals surface area contributed by atoms with Crippen LogP contribution in [0.3, 0.4) is 0 Å². The fraction of sp³-hybridized carbons (Fsp3) is 0.235. The van der Waals surface area contributed by atoms with Gasteiger partial charge in [0.2, 0.25) is 5.60 Å². The number of anilines is 1. The number of nitrogens with one attached hydrogen (secondary N) is 1. The molecule has 1 aromatic heterocycles. The molecule has 0 bridgehead atoms. The Morgan fingerprint density at radius 2 is 1.96 bits per heavy atom. The smallest absolute Gasteiger partial charge is 0.268 e. The van der Waals surface area contributed by atoms with Crippen molar-refractivity contribution in [3.63, 3.8) is 0 Å². The van der Waals surface area contributed by atoms with Gasteiger partial charge in [-0.15, -0.1) is 0 Å². The van der Waals surface area contributed by atoms with Gasteiger partial charge < -0.3 is 15.3 Å². The summed E-state index contributed by atoms with van der Waals surface area (Å²) in [4.78, 5) is 30.3. The maximum absolute atomic E-state index is 12.5. The van der Waals surface area contributed by atoms with Gasteiger partial charge in [0, 0.05) is 24.8 Å². The van der Waals surface area contributed by atoms with Crippen molar-refractivity contribution in [2.75, 3.05) is 11.4 Å². The molecule has 1 saturated heterocycles. The lowest BCUT2D eigenvalue weighted by Gasteiger charge is -2.21. The largest absolute Gasteiger partial charge is 0.372 e. The Bertz CT molecular complexity index is 706. The molecule has 0 unspecified atom stereocenters. The van der Waals surface area contributed by atoms with Crippen molar-refractivity contribution in [3.8, 4) is 0 Å². The van der Waals surface area contributed by atoms with Crippen LogP contribution >= 0.6 is 0 Å². The van der Waals surface area contributed by atoms with Gasteiger partial charge in [-0.3, -0.25) is 14.6 Å². The molecule has 3 rings (SSSR count). The summed E-state index contributed by atoms with van der Waals surface area (Å²) in [6.07, 6.45) is 1.68. The Balaban J connectivity index is 1.69. The Morgan fingerprint density at radius 1 is 1.22 bits per heavy atom. The van der Waals surface area contributed by atoms with Crippen LogP contribution in [0.1, 0.15) is 12.1 Å². The lowest BCUT2D eigenvalue weighted by atomic mass is 10.0. The Kier molecular flexibility index (Phi) is 4.08. The van der Waals surface area contributed by atoms with Crippen LogP contribution in [-0.4, -0.2) is 34.1 Å². The highest BCUT2D eigenvalue weighted by molar-refractivity contribution is 6.16. The summed E-state index contributed by atoms with van der Waals surface area (Å²) in [5, 5.41) is 13.1. The first-order valence-electron chi connectivity index (χ1n) is 7.39. The normalized spacial score (nSPS) is 20.6. The first kappa shape index (κ1) is 15.2. The highest BCUT2D eigenvalue weighted by atomic mass is 16.3. The first-order valence-corrected chi connectivity index (χ1v) is 7.39. The van der Waals surface area contributed by atoms with E-state index < -0.39 is 17.4 Å². The molecule has 1 fully saturated rings. The van der Waals surface area contributed by atoms with E-state index >= 15 is 0 Å². The summed E-state index contributed by atoms with van der Waals surface area (Å²) in [6, 6.07) is 14.3. The standard InChI is InChI=1S/C17H17N3O3/c21-15(19-12-13-6-4-5-10-18-13)17(23)9-11-20(16(17)22)14-7-2-1-3-8-14/h1-8,10,23H,9,11-12H2,(H,19,21)/t17-/m0/s1. The number of amides is 2. The second-order valence-electron chi connectivity index (χ2n) is 5.41. The number of carbonyl (C=O) groups excluding carboxylic acids is 2. The quantitative estimate of drug-likeness (QED) is 0.821. The van der Waals surface area contributed by atoms with E-state index in [1.165, 1.54) is 4.90 Å². The summed E-state index contributed by atoms with van der Waals surface area (Å²) in [6.45, 7) is 0.469.